The lowest BCUT2D eigenvalue weighted by Gasteiger charge is -2.34. The van der Waals surface area contributed by atoms with E-state index in [-0.39, 0.29) is 23.8 Å². The van der Waals surface area contributed by atoms with E-state index in [1.54, 1.807) is 48.5 Å². The first kappa shape index (κ1) is 31.8. The van der Waals surface area contributed by atoms with Gasteiger partial charge in [-0.1, -0.05) is 84.4 Å². The maximum Gasteiger partial charge on any atom is 0.264 e. The van der Waals surface area contributed by atoms with Gasteiger partial charge in [0.25, 0.3) is 10.0 Å². The van der Waals surface area contributed by atoms with E-state index in [0.29, 0.717) is 22.8 Å². The monoisotopic (exact) mass is 617 g/mol. The van der Waals surface area contributed by atoms with Gasteiger partial charge in [-0.2, -0.15) is 0 Å². The van der Waals surface area contributed by atoms with Crippen molar-refractivity contribution in [3.05, 3.63) is 130 Å². The number of carbonyl (C=O) groups is 2. The second kappa shape index (κ2) is 14.4. The number of sulfonamides is 1. The Morgan fingerprint density at radius 2 is 1.47 bits per heavy atom. The number of halogens is 1. The summed E-state index contributed by atoms with van der Waals surface area (Å²) in [5, 5.41) is 3.41. The Labute approximate surface area is 259 Å². The van der Waals surface area contributed by atoms with Crippen molar-refractivity contribution in [2.45, 2.75) is 44.7 Å². The maximum atomic E-state index is 14.4. The molecule has 9 heteroatoms. The molecule has 0 aliphatic heterocycles. The molecule has 224 valence electrons. The van der Waals surface area contributed by atoms with Gasteiger partial charge in [-0.15, -0.1) is 0 Å². The van der Waals surface area contributed by atoms with Crippen LogP contribution in [0.25, 0.3) is 0 Å². The summed E-state index contributed by atoms with van der Waals surface area (Å²) in [6.07, 6.45) is 0.251. The summed E-state index contributed by atoms with van der Waals surface area (Å²) >= 11 is 6.13. The van der Waals surface area contributed by atoms with Crippen molar-refractivity contribution in [2.75, 3.05) is 17.4 Å². The van der Waals surface area contributed by atoms with E-state index < -0.39 is 28.5 Å². The first-order valence-corrected chi connectivity index (χ1v) is 15.9. The van der Waals surface area contributed by atoms with Gasteiger partial charge in [0.2, 0.25) is 11.8 Å². The minimum atomic E-state index is -4.15. The highest BCUT2D eigenvalue weighted by Crippen LogP contribution is 2.29. The summed E-state index contributed by atoms with van der Waals surface area (Å²) in [6.45, 7) is 5.46. The highest BCUT2D eigenvalue weighted by atomic mass is 35.5. The molecule has 0 saturated carbocycles. The van der Waals surface area contributed by atoms with Crippen molar-refractivity contribution in [1.82, 2.24) is 10.2 Å². The van der Waals surface area contributed by atoms with Crippen molar-refractivity contribution >= 4 is 39.1 Å². The number of carbonyl (C=O) groups excluding carboxylic acids is 2. The van der Waals surface area contributed by atoms with Crippen LogP contribution in [0.3, 0.4) is 0 Å². The molecule has 0 heterocycles. The summed E-state index contributed by atoms with van der Waals surface area (Å²) in [7, 11) is -4.15. The third-order valence-electron chi connectivity index (χ3n) is 7.13. The first-order chi connectivity index (χ1) is 20.6. The van der Waals surface area contributed by atoms with Crippen molar-refractivity contribution in [1.29, 1.82) is 0 Å². The number of nitrogens with zero attached hydrogens (tertiary/aromatic N) is 2. The van der Waals surface area contributed by atoms with E-state index in [1.807, 2.05) is 63.2 Å². The summed E-state index contributed by atoms with van der Waals surface area (Å²) in [5.41, 5.74) is 3.58. The van der Waals surface area contributed by atoms with E-state index in [2.05, 4.69) is 5.32 Å². The Hall–Kier alpha value is -4.14. The smallest absolute Gasteiger partial charge is 0.264 e. The third-order valence-corrected chi connectivity index (χ3v) is 9.16. The van der Waals surface area contributed by atoms with Crippen LogP contribution in [0.2, 0.25) is 5.02 Å². The van der Waals surface area contributed by atoms with E-state index in [1.165, 1.54) is 17.0 Å². The second-order valence-corrected chi connectivity index (χ2v) is 12.7. The molecular weight excluding hydrogens is 582 g/mol. The van der Waals surface area contributed by atoms with Crippen molar-refractivity contribution in [2.24, 2.45) is 0 Å². The van der Waals surface area contributed by atoms with Crippen molar-refractivity contribution in [3.63, 3.8) is 0 Å². The molecule has 0 bridgehead atoms. The molecule has 4 rings (SSSR count). The molecule has 0 aliphatic rings. The lowest BCUT2D eigenvalue weighted by Crippen LogP contribution is -2.53. The fraction of sp³-hybridized carbons (Fsp3) is 0.235. The molecule has 0 fully saturated rings. The number of hydrogen-bond acceptors (Lipinski definition) is 4. The van der Waals surface area contributed by atoms with Crippen molar-refractivity contribution in [3.8, 4) is 0 Å². The van der Waals surface area contributed by atoms with Gasteiger partial charge in [0, 0.05) is 24.5 Å². The summed E-state index contributed by atoms with van der Waals surface area (Å²) < 4.78 is 29.4. The number of likely N-dealkylation sites (N-methyl/N-ethyl adjacent to an activating group) is 1. The summed E-state index contributed by atoms with van der Waals surface area (Å²) in [4.78, 5) is 29.5. The largest absolute Gasteiger partial charge is 0.355 e. The summed E-state index contributed by atoms with van der Waals surface area (Å²) in [6, 6.07) is 29.1. The zero-order valence-corrected chi connectivity index (χ0v) is 26.1. The molecule has 1 N–H and O–H groups in total. The number of amides is 2. The summed E-state index contributed by atoms with van der Waals surface area (Å²) in [5.74, 6) is -0.833. The molecular formula is C34H36ClN3O4S. The average molecular weight is 618 g/mol. The van der Waals surface area contributed by atoms with Crippen LogP contribution in [-0.4, -0.2) is 44.3 Å². The molecule has 1 atom stereocenters. The molecule has 4 aromatic rings. The Kier molecular flexibility index (Phi) is 10.6. The topological polar surface area (TPSA) is 86.8 Å². The number of rotatable bonds is 12. The van der Waals surface area contributed by atoms with E-state index in [0.717, 1.165) is 21.0 Å². The van der Waals surface area contributed by atoms with Gasteiger partial charge in [0.15, 0.2) is 0 Å². The highest BCUT2D eigenvalue weighted by Gasteiger charge is 2.35. The Morgan fingerprint density at radius 1 is 0.837 bits per heavy atom. The Bertz CT molecular complexity index is 1650. The van der Waals surface area contributed by atoms with Crippen molar-refractivity contribution < 1.29 is 18.0 Å². The molecule has 2 amide bonds. The first-order valence-electron chi connectivity index (χ1n) is 14.1. The molecule has 0 radical (unpaired) electrons. The minimum Gasteiger partial charge on any atom is -0.355 e. The van der Waals surface area contributed by atoms with Gasteiger partial charge in [-0.05, 0) is 73.4 Å². The van der Waals surface area contributed by atoms with Crippen LogP contribution in [-0.2, 0) is 32.6 Å². The lowest BCUT2D eigenvalue weighted by atomic mass is 10.0. The van der Waals surface area contributed by atoms with Gasteiger partial charge in [-0.3, -0.25) is 13.9 Å². The molecule has 0 saturated heterocycles. The zero-order valence-electron chi connectivity index (χ0n) is 24.5. The number of hydrogen-bond donors (Lipinski definition) is 1. The standard InChI is InChI=1S/C34H36ClN3O4S/c1-4-36-34(40)32(22-27-11-7-5-8-12-27)37(23-28-17-19-29(35)20-18-28)33(39)24-38(31-21-25(2)15-16-26(31)3)43(41,42)30-13-9-6-10-14-30/h5-21,32H,4,22-24H2,1-3H3,(H,36,40). The number of nitrogens with one attached hydrogen (secondary N) is 1. The number of benzene rings is 4. The van der Waals surface area contributed by atoms with Crippen LogP contribution in [0.15, 0.2) is 108 Å². The molecule has 0 aromatic heterocycles. The minimum absolute atomic E-state index is 0.0671. The fourth-order valence-electron chi connectivity index (χ4n) is 4.85. The Morgan fingerprint density at radius 3 is 2.09 bits per heavy atom. The number of anilines is 1. The van der Waals surface area contributed by atoms with Gasteiger partial charge < -0.3 is 10.2 Å². The quantitative estimate of drug-likeness (QED) is 0.214. The maximum absolute atomic E-state index is 14.4. The highest BCUT2D eigenvalue weighted by molar-refractivity contribution is 7.92. The van der Waals surface area contributed by atoms with E-state index >= 15 is 0 Å². The normalized spacial score (nSPS) is 11.9. The van der Waals surface area contributed by atoms with Crippen LogP contribution in [0.1, 0.15) is 29.2 Å². The van der Waals surface area contributed by atoms with Crippen LogP contribution in [0, 0.1) is 13.8 Å². The van der Waals surface area contributed by atoms with Crippen LogP contribution >= 0.6 is 11.6 Å². The molecule has 0 spiro atoms. The third kappa shape index (κ3) is 8.03. The SMILES string of the molecule is CCNC(=O)C(Cc1ccccc1)N(Cc1ccc(Cl)cc1)C(=O)CN(c1cc(C)ccc1C)S(=O)(=O)c1ccccc1. The van der Waals surface area contributed by atoms with Gasteiger partial charge >= 0.3 is 0 Å². The van der Waals surface area contributed by atoms with Gasteiger partial charge in [0.05, 0.1) is 10.6 Å². The molecule has 4 aromatic carbocycles. The molecule has 7 nitrogen and oxygen atoms in total. The lowest BCUT2D eigenvalue weighted by molar-refractivity contribution is -0.140. The van der Waals surface area contributed by atoms with Crippen LogP contribution in [0.5, 0.6) is 0 Å². The predicted octanol–water partition coefficient (Wildman–Crippen LogP) is 5.93. The van der Waals surface area contributed by atoms with Crippen LogP contribution in [0.4, 0.5) is 5.69 Å². The van der Waals surface area contributed by atoms with Crippen LogP contribution < -0.4 is 9.62 Å². The average Bonchev–Trinajstić information content (AvgIpc) is 3.01. The fourth-order valence-corrected chi connectivity index (χ4v) is 6.47. The predicted molar refractivity (Wildman–Crippen MR) is 172 cm³/mol. The Balaban J connectivity index is 1.81. The van der Waals surface area contributed by atoms with E-state index in [4.69, 9.17) is 11.6 Å². The number of aryl methyl sites for hydroxylation is 2. The van der Waals surface area contributed by atoms with E-state index in [9.17, 15) is 18.0 Å². The molecule has 1 unspecified atom stereocenters. The zero-order chi connectivity index (χ0) is 31.0. The second-order valence-electron chi connectivity index (χ2n) is 10.4. The molecule has 0 aliphatic carbocycles. The van der Waals surface area contributed by atoms with Gasteiger partial charge in [0.1, 0.15) is 12.6 Å². The molecule has 43 heavy (non-hydrogen) atoms. The van der Waals surface area contributed by atoms with Gasteiger partial charge in [-0.25, -0.2) is 8.42 Å².